The lowest BCUT2D eigenvalue weighted by molar-refractivity contribution is -0.121. The Morgan fingerprint density at radius 2 is 2.03 bits per heavy atom. The molecule has 1 fully saturated rings. The maximum atomic E-state index is 12.9. The molecule has 4 heterocycles. The summed E-state index contributed by atoms with van der Waals surface area (Å²) in [6.45, 7) is 1.39. The van der Waals surface area contributed by atoms with Crippen LogP contribution in [0.3, 0.4) is 0 Å². The van der Waals surface area contributed by atoms with E-state index in [-0.39, 0.29) is 23.4 Å². The first-order valence-corrected chi connectivity index (χ1v) is 11.7. The predicted octanol–water partition coefficient (Wildman–Crippen LogP) is 3.10. The van der Waals surface area contributed by atoms with Crippen LogP contribution in [0.1, 0.15) is 28.1 Å². The number of aromatic nitrogens is 3. The number of piperidine rings is 1. The van der Waals surface area contributed by atoms with Gasteiger partial charge >= 0.3 is 5.69 Å². The van der Waals surface area contributed by atoms with Gasteiger partial charge in [-0.05, 0) is 54.1 Å². The third kappa shape index (κ3) is 4.45. The zero-order chi connectivity index (χ0) is 22.8. The summed E-state index contributed by atoms with van der Waals surface area (Å²) < 4.78 is 2.91. The van der Waals surface area contributed by atoms with E-state index in [1.165, 1.54) is 20.4 Å². The molecule has 9 heteroatoms. The number of fused-ring (bicyclic) bond motifs is 1. The molecular formula is C24H23N5O3S. The molecular weight excluding hydrogens is 438 g/mol. The highest BCUT2D eigenvalue weighted by Gasteiger charge is 2.29. The van der Waals surface area contributed by atoms with Gasteiger partial charge in [0, 0.05) is 25.0 Å². The maximum Gasteiger partial charge on any atom is 0.350 e. The minimum atomic E-state index is -0.257. The number of nitrogens with zero attached hydrogens (tertiary/aromatic N) is 4. The smallest absolute Gasteiger partial charge is 0.337 e. The van der Waals surface area contributed by atoms with Crippen LogP contribution in [-0.4, -0.2) is 44.0 Å². The second-order valence-electron chi connectivity index (χ2n) is 8.13. The first-order chi connectivity index (χ1) is 16.1. The minimum absolute atomic E-state index is 0.0117. The van der Waals surface area contributed by atoms with Crippen LogP contribution in [0.5, 0.6) is 0 Å². The molecule has 1 saturated heterocycles. The summed E-state index contributed by atoms with van der Waals surface area (Å²) in [5, 5.41) is 9.23. The summed E-state index contributed by atoms with van der Waals surface area (Å²) in [6, 6.07) is 16.5. The normalized spacial score (nSPS) is 16.1. The number of anilines is 1. The molecule has 1 aliphatic heterocycles. The van der Waals surface area contributed by atoms with Crippen LogP contribution >= 0.6 is 11.3 Å². The van der Waals surface area contributed by atoms with Crippen molar-refractivity contribution in [3.63, 3.8) is 0 Å². The van der Waals surface area contributed by atoms with Gasteiger partial charge in [-0.2, -0.15) is 0 Å². The molecule has 2 amide bonds. The number of hydrogen-bond acceptors (Lipinski definition) is 5. The molecule has 5 rings (SSSR count). The Morgan fingerprint density at radius 3 is 2.85 bits per heavy atom. The Balaban J connectivity index is 1.26. The van der Waals surface area contributed by atoms with Crippen LogP contribution in [0.25, 0.3) is 5.65 Å². The number of carbonyl (C=O) groups excluding carboxylic acids is 2. The highest BCUT2D eigenvalue weighted by Crippen LogP contribution is 2.22. The quantitative estimate of drug-likeness (QED) is 0.495. The molecule has 1 unspecified atom stereocenters. The molecule has 3 aromatic heterocycles. The Kier molecular flexibility index (Phi) is 5.78. The molecule has 0 aliphatic carbocycles. The molecule has 0 saturated carbocycles. The molecule has 8 nitrogen and oxygen atoms in total. The van der Waals surface area contributed by atoms with Crippen LogP contribution in [0.4, 0.5) is 5.69 Å². The molecule has 0 radical (unpaired) electrons. The van der Waals surface area contributed by atoms with Gasteiger partial charge in [0.25, 0.3) is 5.91 Å². The van der Waals surface area contributed by atoms with Crippen LogP contribution in [0, 0.1) is 5.92 Å². The van der Waals surface area contributed by atoms with E-state index >= 15 is 0 Å². The second kappa shape index (κ2) is 9.03. The lowest BCUT2D eigenvalue weighted by Crippen LogP contribution is -2.43. The lowest BCUT2D eigenvalue weighted by Gasteiger charge is -2.31. The zero-order valence-electron chi connectivity index (χ0n) is 17.9. The van der Waals surface area contributed by atoms with E-state index in [1.807, 2.05) is 47.8 Å². The molecule has 0 spiro atoms. The number of hydrogen-bond donors (Lipinski definition) is 1. The van der Waals surface area contributed by atoms with Gasteiger partial charge in [0.05, 0.1) is 17.3 Å². The fourth-order valence-corrected chi connectivity index (χ4v) is 4.86. The number of amides is 2. The number of likely N-dealkylation sites (tertiary alicyclic amines) is 1. The largest absolute Gasteiger partial charge is 0.350 e. The van der Waals surface area contributed by atoms with Crippen molar-refractivity contribution in [2.75, 3.05) is 18.4 Å². The SMILES string of the molecule is O=C(Nc1cccc(Cn2nc3ccccn3c2=O)c1)C1CCCN(C(=O)c2cccs2)C1. The van der Waals surface area contributed by atoms with Crippen LogP contribution < -0.4 is 11.0 Å². The maximum absolute atomic E-state index is 12.9. The zero-order valence-corrected chi connectivity index (χ0v) is 18.7. The average Bonchev–Trinajstić information content (AvgIpc) is 3.48. The number of carbonyl (C=O) groups is 2. The Hall–Kier alpha value is -3.72. The van der Waals surface area contributed by atoms with Crippen LogP contribution in [0.2, 0.25) is 0 Å². The third-order valence-corrected chi connectivity index (χ3v) is 6.68. The standard InChI is InChI=1S/C24H23N5O3S/c30-22(18-7-4-11-27(16-18)23(31)20-9-5-13-33-20)25-19-8-3-6-17(14-19)15-29-24(32)28-12-2-1-10-21(28)26-29/h1-3,5-6,8-10,12-14,18H,4,7,11,15-16H2,(H,25,30). The molecule has 33 heavy (non-hydrogen) atoms. The molecule has 168 valence electrons. The summed E-state index contributed by atoms with van der Waals surface area (Å²) in [6.07, 6.45) is 3.23. The van der Waals surface area contributed by atoms with E-state index in [2.05, 4.69) is 10.4 Å². The molecule has 0 bridgehead atoms. The summed E-state index contributed by atoms with van der Waals surface area (Å²) in [7, 11) is 0. The van der Waals surface area contributed by atoms with Gasteiger partial charge in [-0.25, -0.2) is 9.48 Å². The van der Waals surface area contributed by atoms with E-state index < -0.39 is 0 Å². The second-order valence-corrected chi connectivity index (χ2v) is 9.07. The summed E-state index contributed by atoms with van der Waals surface area (Å²) in [5.74, 6) is -0.365. The van der Waals surface area contributed by atoms with Gasteiger partial charge in [-0.1, -0.05) is 24.3 Å². The van der Waals surface area contributed by atoms with Gasteiger partial charge in [0.15, 0.2) is 5.65 Å². The topological polar surface area (TPSA) is 88.7 Å². The van der Waals surface area contributed by atoms with Gasteiger partial charge in [-0.15, -0.1) is 16.4 Å². The van der Waals surface area contributed by atoms with Crippen molar-refractivity contribution in [2.24, 2.45) is 5.92 Å². The monoisotopic (exact) mass is 461 g/mol. The van der Waals surface area contributed by atoms with Crippen molar-refractivity contribution in [1.29, 1.82) is 0 Å². The Labute approximate surface area is 194 Å². The molecule has 1 aromatic carbocycles. The van der Waals surface area contributed by atoms with E-state index in [1.54, 1.807) is 23.2 Å². The Morgan fingerprint density at radius 1 is 1.12 bits per heavy atom. The van der Waals surface area contributed by atoms with E-state index in [0.717, 1.165) is 18.4 Å². The van der Waals surface area contributed by atoms with Crippen molar-refractivity contribution in [1.82, 2.24) is 19.1 Å². The molecule has 1 N–H and O–H groups in total. The highest BCUT2D eigenvalue weighted by atomic mass is 32.1. The fourth-order valence-electron chi connectivity index (χ4n) is 4.17. The van der Waals surface area contributed by atoms with Gasteiger partial charge < -0.3 is 10.2 Å². The van der Waals surface area contributed by atoms with Gasteiger partial charge in [-0.3, -0.25) is 14.0 Å². The predicted molar refractivity (Wildman–Crippen MR) is 127 cm³/mol. The van der Waals surface area contributed by atoms with Crippen LogP contribution in [0.15, 0.2) is 71.0 Å². The molecule has 1 aliphatic rings. The summed E-state index contributed by atoms with van der Waals surface area (Å²) in [4.78, 5) is 40.6. The minimum Gasteiger partial charge on any atom is -0.337 e. The van der Waals surface area contributed by atoms with Crippen molar-refractivity contribution >= 4 is 34.5 Å². The number of nitrogens with one attached hydrogen (secondary N) is 1. The number of pyridine rings is 1. The molecule has 1 atom stereocenters. The van der Waals surface area contributed by atoms with Gasteiger partial charge in [0.1, 0.15) is 0 Å². The van der Waals surface area contributed by atoms with Crippen molar-refractivity contribution in [2.45, 2.75) is 19.4 Å². The number of benzene rings is 1. The summed E-state index contributed by atoms with van der Waals surface area (Å²) >= 11 is 1.42. The lowest BCUT2D eigenvalue weighted by atomic mass is 9.96. The first-order valence-electron chi connectivity index (χ1n) is 10.9. The van der Waals surface area contributed by atoms with E-state index in [4.69, 9.17) is 0 Å². The average molecular weight is 462 g/mol. The number of thiophene rings is 1. The highest BCUT2D eigenvalue weighted by molar-refractivity contribution is 7.12. The fraction of sp³-hybridized carbons (Fsp3) is 0.250. The molecule has 4 aromatic rings. The van der Waals surface area contributed by atoms with Crippen molar-refractivity contribution < 1.29 is 9.59 Å². The third-order valence-electron chi connectivity index (χ3n) is 5.83. The number of rotatable bonds is 5. The van der Waals surface area contributed by atoms with Crippen molar-refractivity contribution in [3.8, 4) is 0 Å². The van der Waals surface area contributed by atoms with Gasteiger partial charge in [0.2, 0.25) is 5.91 Å². The van der Waals surface area contributed by atoms with Crippen molar-refractivity contribution in [3.05, 3.63) is 87.1 Å². The summed E-state index contributed by atoms with van der Waals surface area (Å²) in [5.41, 5.74) is 1.90. The van der Waals surface area contributed by atoms with E-state index in [9.17, 15) is 14.4 Å². The van der Waals surface area contributed by atoms with Crippen LogP contribution in [-0.2, 0) is 11.3 Å². The first kappa shape index (κ1) is 21.1. The Bertz CT molecular complexity index is 1360. The van der Waals surface area contributed by atoms with E-state index in [0.29, 0.717) is 35.8 Å².